The fraction of sp³-hybridized carbons (Fsp3) is 0.130. The van der Waals surface area contributed by atoms with Crippen LogP contribution in [0.3, 0.4) is 0 Å². The van der Waals surface area contributed by atoms with Crippen LogP contribution in [0.25, 0.3) is 10.8 Å². The molecule has 1 heterocycles. The Hall–Kier alpha value is -3.58. The van der Waals surface area contributed by atoms with Crippen molar-refractivity contribution < 1.29 is 0 Å². The van der Waals surface area contributed by atoms with E-state index in [9.17, 15) is 5.26 Å². The lowest BCUT2D eigenvalue weighted by atomic mass is 10.00. The second kappa shape index (κ2) is 6.97. The van der Waals surface area contributed by atoms with Crippen molar-refractivity contribution in [2.45, 2.75) is 19.9 Å². The minimum Gasteiger partial charge on any atom is -0.383 e. The zero-order valence-electron chi connectivity index (χ0n) is 15.2. The van der Waals surface area contributed by atoms with E-state index in [0.717, 1.165) is 16.8 Å². The lowest BCUT2D eigenvalue weighted by Gasteiger charge is -2.05. The van der Waals surface area contributed by atoms with Crippen molar-refractivity contribution in [1.82, 2.24) is 9.78 Å². The molecule has 2 N–H and O–H groups in total. The van der Waals surface area contributed by atoms with E-state index in [-0.39, 0.29) is 0 Å². The monoisotopic (exact) mass is 352 g/mol. The highest BCUT2D eigenvalue weighted by Crippen LogP contribution is 2.25. The van der Waals surface area contributed by atoms with E-state index < -0.39 is 0 Å². The van der Waals surface area contributed by atoms with Crippen molar-refractivity contribution in [3.05, 3.63) is 94.7 Å². The number of aromatic nitrogens is 2. The SMILES string of the molecule is Cc1ccc(Cn2nc(Cc3cccc4ccccc34)c(C#N)c2N)cc1. The predicted molar refractivity (Wildman–Crippen MR) is 108 cm³/mol. The fourth-order valence-electron chi connectivity index (χ4n) is 3.39. The van der Waals surface area contributed by atoms with Crippen LogP contribution in [0.4, 0.5) is 5.82 Å². The van der Waals surface area contributed by atoms with Gasteiger partial charge in [0.1, 0.15) is 17.5 Å². The third-order valence-corrected chi connectivity index (χ3v) is 4.87. The van der Waals surface area contributed by atoms with Crippen LogP contribution in [0.5, 0.6) is 0 Å². The molecule has 0 atom stereocenters. The number of anilines is 1. The summed E-state index contributed by atoms with van der Waals surface area (Å²) >= 11 is 0. The number of nitrogen functional groups attached to an aromatic ring is 1. The Kier molecular flexibility index (Phi) is 4.35. The van der Waals surface area contributed by atoms with Crippen LogP contribution in [-0.2, 0) is 13.0 Å². The van der Waals surface area contributed by atoms with Gasteiger partial charge in [-0.05, 0) is 28.8 Å². The molecule has 0 radical (unpaired) electrons. The molecule has 0 fully saturated rings. The summed E-state index contributed by atoms with van der Waals surface area (Å²) < 4.78 is 1.73. The molecule has 0 saturated heterocycles. The Morgan fingerprint density at radius 3 is 2.52 bits per heavy atom. The number of nitriles is 1. The number of fused-ring (bicyclic) bond motifs is 1. The molecule has 4 heteroatoms. The highest BCUT2D eigenvalue weighted by Gasteiger charge is 2.17. The van der Waals surface area contributed by atoms with Gasteiger partial charge in [0.05, 0.1) is 12.2 Å². The highest BCUT2D eigenvalue weighted by atomic mass is 15.3. The average Bonchev–Trinajstić information content (AvgIpc) is 2.98. The summed E-state index contributed by atoms with van der Waals surface area (Å²) in [5, 5.41) is 16.7. The molecule has 0 saturated carbocycles. The van der Waals surface area contributed by atoms with E-state index >= 15 is 0 Å². The predicted octanol–water partition coefficient (Wildman–Crippen LogP) is 4.44. The fourth-order valence-corrected chi connectivity index (χ4v) is 3.39. The topological polar surface area (TPSA) is 67.6 Å². The molecule has 27 heavy (non-hydrogen) atoms. The summed E-state index contributed by atoms with van der Waals surface area (Å²) in [6.45, 7) is 2.61. The van der Waals surface area contributed by atoms with E-state index in [2.05, 4.69) is 66.6 Å². The Morgan fingerprint density at radius 1 is 1.00 bits per heavy atom. The van der Waals surface area contributed by atoms with Gasteiger partial charge in [-0.15, -0.1) is 0 Å². The quantitative estimate of drug-likeness (QED) is 0.590. The minimum absolute atomic E-state index is 0.424. The van der Waals surface area contributed by atoms with Gasteiger partial charge in [0.2, 0.25) is 0 Å². The zero-order chi connectivity index (χ0) is 18.8. The van der Waals surface area contributed by atoms with Crippen molar-refractivity contribution in [2.75, 3.05) is 5.73 Å². The van der Waals surface area contributed by atoms with Crippen LogP contribution in [0, 0.1) is 18.3 Å². The maximum absolute atomic E-state index is 9.62. The van der Waals surface area contributed by atoms with Crippen LogP contribution in [-0.4, -0.2) is 9.78 Å². The van der Waals surface area contributed by atoms with E-state index in [1.807, 2.05) is 18.2 Å². The first kappa shape index (κ1) is 16.9. The normalized spacial score (nSPS) is 10.8. The minimum atomic E-state index is 0.424. The molecule has 1 aromatic heterocycles. The maximum atomic E-state index is 9.62. The molecule has 4 nitrogen and oxygen atoms in total. The first-order chi connectivity index (χ1) is 13.2. The molecule has 0 aliphatic carbocycles. The van der Waals surface area contributed by atoms with Gasteiger partial charge in [-0.3, -0.25) is 0 Å². The van der Waals surface area contributed by atoms with Gasteiger partial charge >= 0.3 is 0 Å². The van der Waals surface area contributed by atoms with Gasteiger partial charge in [-0.25, -0.2) is 4.68 Å². The van der Waals surface area contributed by atoms with Crippen LogP contribution in [0.1, 0.15) is 27.9 Å². The van der Waals surface area contributed by atoms with Crippen molar-refractivity contribution in [3.8, 4) is 6.07 Å². The number of nitrogens with zero attached hydrogens (tertiary/aromatic N) is 3. The average molecular weight is 352 g/mol. The van der Waals surface area contributed by atoms with Gasteiger partial charge in [0.15, 0.2) is 0 Å². The molecular formula is C23H20N4. The molecular weight excluding hydrogens is 332 g/mol. The molecule has 4 rings (SSSR count). The van der Waals surface area contributed by atoms with Gasteiger partial charge in [-0.2, -0.15) is 10.4 Å². The summed E-state index contributed by atoms with van der Waals surface area (Å²) in [7, 11) is 0. The molecule has 3 aromatic carbocycles. The Labute approximate surface area is 158 Å². The largest absolute Gasteiger partial charge is 0.383 e. The van der Waals surface area contributed by atoms with Gasteiger partial charge in [-0.1, -0.05) is 72.3 Å². The van der Waals surface area contributed by atoms with Gasteiger partial charge in [0.25, 0.3) is 0 Å². The van der Waals surface area contributed by atoms with Crippen LogP contribution < -0.4 is 5.73 Å². The summed E-state index contributed by atoms with van der Waals surface area (Å²) in [5.41, 5.74) is 10.9. The van der Waals surface area contributed by atoms with E-state index in [4.69, 9.17) is 5.73 Å². The summed E-state index contributed by atoms with van der Waals surface area (Å²) in [5.74, 6) is 0.424. The van der Waals surface area contributed by atoms with Crippen LogP contribution in [0.15, 0.2) is 66.7 Å². The summed E-state index contributed by atoms with van der Waals surface area (Å²) in [6, 6.07) is 25.0. The summed E-state index contributed by atoms with van der Waals surface area (Å²) in [6.07, 6.45) is 0.579. The van der Waals surface area contributed by atoms with E-state index in [0.29, 0.717) is 24.3 Å². The van der Waals surface area contributed by atoms with Gasteiger partial charge < -0.3 is 5.73 Å². The highest BCUT2D eigenvalue weighted by molar-refractivity contribution is 5.86. The smallest absolute Gasteiger partial charge is 0.140 e. The number of benzene rings is 3. The number of hydrogen-bond acceptors (Lipinski definition) is 3. The van der Waals surface area contributed by atoms with Crippen molar-refractivity contribution >= 4 is 16.6 Å². The molecule has 4 aromatic rings. The van der Waals surface area contributed by atoms with Crippen molar-refractivity contribution in [2.24, 2.45) is 0 Å². The number of aryl methyl sites for hydroxylation is 1. The Morgan fingerprint density at radius 2 is 1.74 bits per heavy atom. The molecule has 0 bridgehead atoms. The third kappa shape index (κ3) is 3.28. The Balaban J connectivity index is 1.70. The molecule has 132 valence electrons. The number of hydrogen-bond donors (Lipinski definition) is 1. The molecule has 0 unspecified atom stereocenters. The summed E-state index contributed by atoms with van der Waals surface area (Å²) in [4.78, 5) is 0. The molecule has 0 amide bonds. The van der Waals surface area contributed by atoms with E-state index in [1.165, 1.54) is 16.3 Å². The molecule has 0 aliphatic heterocycles. The second-order valence-corrected chi connectivity index (χ2v) is 6.78. The van der Waals surface area contributed by atoms with E-state index in [1.54, 1.807) is 4.68 Å². The Bertz CT molecular complexity index is 1140. The molecule has 0 spiro atoms. The van der Waals surface area contributed by atoms with Crippen molar-refractivity contribution in [1.29, 1.82) is 5.26 Å². The first-order valence-corrected chi connectivity index (χ1v) is 8.93. The lowest BCUT2D eigenvalue weighted by Crippen LogP contribution is -2.06. The maximum Gasteiger partial charge on any atom is 0.140 e. The van der Waals surface area contributed by atoms with Crippen LogP contribution >= 0.6 is 0 Å². The third-order valence-electron chi connectivity index (χ3n) is 4.87. The lowest BCUT2D eigenvalue weighted by molar-refractivity contribution is 0.685. The first-order valence-electron chi connectivity index (χ1n) is 8.93. The zero-order valence-corrected chi connectivity index (χ0v) is 15.2. The van der Waals surface area contributed by atoms with Crippen LogP contribution in [0.2, 0.25) is 0 Å². The molecule has 0 aliphatic rings. The standard InChI is InChI=1S/C23H20N4/c1-16-9-11-17(12-10-16)15-27-23(25)21(14-24)22(26-27)13-19-7-4-6-18-5-2-3-8-20(18)19/h2-12H,13,15,25H2,1H3. The number of rotatable bonds is 4. The van der Waals surface area contributed by atoms with Gasteiger partial charge in [0, 0.05) is 6.42 Å². The van der Waals surface area contributed by atoms with Crippen molar-refractivity contribution in [3.63, 3.8) is 0 Å². The second-order valence-electron chi connectivity index (χ2n) is 6.78. The number of nitrogens with two attached hydrogens (primary N) is 1.